The van der Waals surface area contributed by atoms with Crippen LogP contribution in [0.2, 0.25) is 0 Å². The van der Waals surface area contributed by atoms with Crippen molar-refractivity contribution in [1.29, 1.82) is 0 Å². The van der Waals surface area contributed by atoms with Gasteiger partial charge in [-0.25, -0.2) is 0 Å². The van der Waals surface area contributed by atoms with Crippen LogP contribution in [0, 0.1) is 5.41 Å². The third-order valence-electron chi connectivity index (χ3n) is 0.860. The smallest absolute Gasteiger partial charge is 0.222 e. The summed E-state index contributed by atoms with van der Waals surface area (Å²) in [6.07, 6.45) is 3.73. The van der Waals surface area contributed by atoms with E-state index in [1.54, 1.807) is 0 Å². The first-order chi connectivity index (χ1) is 4.74. The van der Waals surface area contributed by atoms with Crippen LogP contribution in [0.5, 0.6) is 0 Å². The number of hydrogen-bond donors (Lipinski definition) is 0. The fourth-order valence-electron chi connectivity index (χ4n) is 0.279. The second-order valence-corrected chi connectivity index (χ2v) is 1.53. The Labute approximate surface area is 57.2 Å². The van der Waals surface area contributed by atoms with E-state index >= 15 is 0 Å². The molecule has 4 nitrogen and oxygen atoms in total. The normalized spacial score (nSPS) is 10.0. The van der Waals surface area contributed by atoms with Gasteiger partial charge in [-0.1, -0.05) is 0 Å². The van der Waals surface area contributed by atoms with Crippen LogP contribution in [0.25, 0.3) is 0 Å². The maximum absolute atomic E-state index is 9.85. The van der Waals surface area contributed by atoms with Crippen molar-refractivity contribution < 1.29 is 19.2 Å². The lowest BCUT2D eigenvalue weighted by atomic mass is 9.91. The highest BCUT2D eigenvalue weighted by molar-refractivity contribution is 6.04. The van der Waals surface area contributed by atoms with Gasteiger partial charge in [0.2, 0.25) is 18.9 Å². The summed E-state index contributed by atoms with van der Waals surface area (Å²) < 4.78 is 0. The second kappa shape index (κ2) is 3.66. The second-order valence-electron chi connectivity index (χ2n) is 1.53. The summed E-state index contributed by atoms with van der Waals surface area (Å²) in [4.78, 5) is 39.2. The van der Waals surface area contributed by atoms with E-state index in [2.05, 4.69) is 0 Å². The first-order valence-electron chi connectivity index (χ1n) is 2.27. The van der Waals surface area contributed by atoms with Crippen LogP contribution in [0.1, 0.15) is 6.42 Å². The molecule has 0 aromatic rings. The minimum atomic E-state index is -2.16. The lowest BCUT2D eigenvalue weighted by Gasteiger charge is -2.01. The Bertz CT molecular complexity index is 139. The maximum atomic E-state index is 9.85. The van der Waals surface area contributed by atoms with Crippen molar-refractivity contribution in [3.63, 3.8) is 0 Å². The van der Waals surface area contributed by atoms with Crippen LogP contribution in [-0.4, -0.2) is 25.1 Å². The molecule has 4 radical (unpaired) electrons. The van der Waals surface area contributed by atoms with E-state index in [-0.39, 0.29) is 0 Å². The third-order valence-corrected chi connectivity index (χ3v) is 0.860. The number of rotatable bonds is 5. The van der Waals surface area contributed by atoms with E-state index in [1.165, 1.54) is 6.29 Å². The van der Waals surface area contributed by atoms with E-state index in [4.69, 9.17) is 0 Å². The predicted molar refractivity (Wildman–Crippen MR) is 29.8 cm³/mol. The van der Waals surface area contributed by atoms with E-state index in [1.807, 2.05) is 0 Å². The van der Waals surface area contributed by atoms with Gasteiger partial charge in [0.25, 0.3) is 0 Å². The summed E-state index contributed by atoms with van der Waals surface area (Å²) in [7, 11) is 0. The Kier molecular flexibility index (Phi) is 3.17. The molecule has 50 valence electrons. The number of carbonyl (C=O) groups excluding carboxylic acids is 4. The van der Waals surface area contributed by atoms with Gasteiger partial charge >= 0.3 is 0 Å². The largest absolute Gasteiger partial charge is 0.291 e. The molecular formula is C6H2O4. The van der Waals surface area contributed by atoms with Gasteiger partial charge < -0.3 is 0 Å². The van der Waals surface area contributed by atoms with Gasteiger partial charge in [0, 0.05) is 6.42 Å². The summed E-state index contributed by atoms with van der Waals surface area (Å²) >= 11 is 0. The average molecular weight is 138 g/mol. The summed E-state index contributed by atoms with van der Waals surface area (Å²) in [5.41, 5.74) is -2.16. The Balaban J connectivity index is 4.43. The summed E-state index contributed by atoms with van der Waals surface area (Å²) in [6.45, 7) is 0. The fraction of sp³-hybridized carbons (Fsp3) is 0.333. The molecule has 0 saturated heterocycles. The maximum Gasteiger partial charge on any atom is 0.222 e. The molecule has 0 fully saturated rings. The Morgan fingerprint density at radius 3 is 1.40 bits per heavy atom. The minimum Gasteiger partial charge on any atom is -0.291 e. The molecule has 4 heteroatoms. The molecule has 0 amide bonds. The van der Waals surface area contributed by atoms with Gasteiger partial charge in [-0.15, -0.1) is 0 Å². The highest BCUT2D eigenvalue weighted by Crippen LogP contribution is 2.09. The van der Waals surface area contributed by atoms with Crippen molar-refractivity contribution in [2.24, 2.45) is 5.41 Å². The van der Waals surface area contributed by atoms with Crippen LogP contribution < -0.4 is 0 Å². The van der Waals surface area contributed by atoms with Gasteiger partial charge in [0.1, 0.15) is 0 Å². The van der Waals surface area contributed by atoms with Crippen molar-refractivity contribution in [2.75, 3.05) is 0 Å². The first kappa shape index (κ1) is 8.68. The fourth-order valence-corrected chi connectivity index (χ4v) is 0.279. The van der Waals surface area contributed by atoms with Gasteiger partial charge in [-0.2, -0.15) is 0 Å². The van der Waals surface area contributed by atoms with Crippen LogP contribution in [0.4, 0.5) is 0 Å². The molecule has 0 aliphatic rings. The minimum absolute atomic E-state index is 0.663. The van der Waals surface area contributed by atoms with E-state index in [0.29, 0.717) is 0 Å². The van der Waals surface area contributed by atoms with Crippen LogP contribution in [-0.2, 0) is 19.2 Å². The van der Waals surface area contributed by atoms with Crippen molar-refractivity contribution in [2.45, 2.75) is 6.42 Å². The zero-order valence-electron chi connectivity index (χ0n) is 4.84. The molecule has 0 spiro atoms. The SMILES string of the molecule is O=[C]CC([C]=O)([C]=O)[C]=O. The average Bonchev–Trinajstić information content (AvgIpc) is 2.01. The highest BCUT2D eigenvalue weighted by Gasteiger charge is 2.32. The monoisotopic (exact) mass is 138 g/mol. The standard InChI is InChI=1S/C6H2O4/c7-2-1-6(3-8,4-9)5-10/h1H2. The highest BCUT2D eigenvalue weighted by atomic mass is 16.2. The van der Waals surface area contributed by atoms with Crippen molar-refractivity contribution >= 4 is 25.1 Å². The summed E-state index contributed by atoms with van der Waals surface area (Å²) in [5.74, 6) is 0. The molecule has 0 saturated carbocycles. The third kappa shape index (κ3) is 1.58. The molecule has 0 aliphatic carbocycles. The first-order valence-corrected chi connectivity index (χ1v) is 2.27. The van der Waals surface area contributed by atoms with E-state index in [0.717, 1.165) is 18.9 Å². The van der Waals surface area contributed by atoms with Gasteiger partial charge in [0.15, 0.2) is 11.7 Å². The van der Waals surface area contributed by atoms with Crippen molar-refractivity contribution in [3.8, 4) is 0 Å². The van der Waals surface area contributed by atoms with Gasteiger partial charge in [-0.05, 0) is 0 Å². The lowest BCUT2D eigenvalue weighted by molar-refractivity contribution is 0.469. The topological polar surface area (TPSA) is 68.3 Å². The van der Waals surface area contributed by atoms with E-state index < -0.39 is 11.8 Å². The zero-order chi connectivity index (χ0) is 8.04. The van der Waals surface area contributed by atoms with Crippen molar-refractivity contribution in [1.82, 2.24) is 0 Å². The van der Waals surface area contributed by atoms with E-state index in [9.17, 15) is 19.2 Å². The van der Waals surface area contributed by atoms with Crippen molar-refractivity contribution in [3.05, 3.63) is 0 Å². The lowest BCUT2D eigenvalue weighted by Crippen LogP contribution is -2.26. The molecule has 0 heterocycles. The Morgan fingerprint density at radius 1 is 0.900 bits per heavy atom. The molecule has 10 heavy (non-hydrogen) atoms. The van der Waals surface area contributed by atoms with Gasteiger partial charge in [0.05, 0.1) is 0 Å². The van der Waals surface area contributed by atoms with Crippen LogP contribution in [0.3, 0.4) is 0 Å². The molecule has 0 rings (SSSR count). The molecule has 0 atom stereocenters. The molecule has 0 aromatic heterocycles. The predicted octanol–water partition coefficient (Wildman–Crippen LogP) is -1.20. The molecule has 0 N–H and O–H groups in total. The Hall–Kier alpha value is -1.32. The number of hydrogen-bond acceptors (Lipinski definition) is 4. The van der Waals surface area contributed by atoms with Crippen LogP contribution >= 0.6 is 0 Å². The Morgan fingerprint density at radius 2 is 1.30 bits per heavy atom. The molecule has 0 aromatic carbocycles. The molecular weight excluding hydrogens is 136 g/mol. The molecule has 0 bridgehead atoms. The molecule has 0 aliphatic heterocycles. The summed E-state index contributed by atoms with van der Waals surface area (Å²) in [6, 6.07) is 0. The summed E-state index contributed by atoms with van der Waals surface area (Å²) in [5, 5.41) is 0. The van der Waals surface area contributed by atoms with Crippen LogP contribution in [0.15, 0.2) is 0 Å². The molecule has 0 unspecified atom stereocenters. The zero-order valence-corrected chi connectivity index (χ0v) is 4.84. The quantitative estimate of drug-likeness (QED) is 0.447. The van der Waals surface area contributed by atoms with Gasteiger partial charge in [-0.3, -0.25) is 19.2 Å².